The van der Waals surface area contributed by atoms with Crippen LogP contribution in [0.1, 0.15) is 29.5 Å². The first-order chi connectivity index (χ1) is 13.1. The van der Waals surface area contributed by atoms with Crippen molar-refractivity contribution >= 4 is 32.6 Å². The standard InChI is InChI=1S/C22H24N2O2S/c1-15-9-10-17(12-16(15)2)13-21(25)24(14-18-6-5-11-26-18)22-23-19-7-3-4-8-20(19)27-22/h3-4,7-10,12,18H,5-6,11,13-14H2,1-2H3. The third-order valence-corrected chi connectivity index (χ3v) is 6.21. The first kappa shape index (κ1) is 18.1. The Balaban J connectivity index is 1.61. The topological polar surface area (TPSA) is 42.4 Å². The molecule has 2 aromatic carbocycles. The molecule has 5 heteroatoms. The molecule has 0 bridgehead atoms. The summed E-state index contributed by atoms with van der Waals surface area (Å²) >= 11 is 1.57. The lowest BCUT2D eigenvalue weighted by Crippen LogP contribution is -2.38. The molecule has 1 aromatic heterocycles. The first-order valence-corrected chi connectivity index (χ1v) is 10.3. The van der Waals surface area contributed by atoms with Crippen molar-refractivity contribution in [2.45, 2.75) is 39.2 Å². The van der Waals surface area contributed by atoms with E-state index >= 15 is 0 Å². The maximum atomic E-state index is 13.2. The number of carbonyl (C=O) groups excluding carboxylic acids is 1. The van der Waals surface area contributed by atoms with Crippen LogP contribution in [0.3, 0.4) is 0 Å². The fraction of sp³-hybridized carbons (Fsp3) is 0.364. The summed E-state index contributed by atoms with van der Waals surface area (Å²) in [6, 6.07) is 14.3. The largest absolute Gasteiger partial charge is 0.376 e. The third-order valence-electron chi connectivity index (χ3n) is 5.15. The number of carbonyl (C=O) groups is 1. The van der Waals surface area contributed by atoms with E-state index in [2.05, 4.69) is 32.0 Å². The van der Waals surface area contributed by atoms with Crippen LogP contribution in [0.5, 0.6) is 0 Å². The summed E-state index contributed by atoms with van der Waals surface area (Å²) in [5, 5.41) is 0.764. The van der Waals surface area contributed by atoms with Gasteiger partial charge in [0.25, 0.3) is 0 Å². The van der Waals surface area contributed by atoms with E-state index in [0.29, 0.717) is 13.0 Å². The second kappa shape index (κ2) is 7.79. The molecule has 0 saturated carbocycles. The average Bonchev–Trinajstić information content (AvgIpc) is 3.31. The number of rotatable bonds is 5. The van der Waals surface area contributed by atoms with E-state index in [1.807, 2.05) is 29.2 Å². The molecule has 1 aliphatic heterocycles. The molecule has 1 unspecified atom stereocenters. The summed E-state index contributed by atoms with van der Waals surface area (Å²) in [6.45, 7) is 5.53. The predicted molar refractivity (Wildman–Crippen MR) is 111 cm³/mol. The Morgan fingerprint density at radius 3 is 2.81 bits per heavy atom. The Morgan fingerprint density at radius 2 is 2.07 bits per heavy atom. The fourth-order valence-corrected chi connectivity index (χ4v) is 4.43. The number of aryl methyl sites for hydroxylation is 2. The number of aromatic nitrogens is 1. The monoisotopic (exact) mass is 380 g/mol. The van der Waals surface area contributed by atoms with Gasteiger partial charge in [0.15, 0.2) is 5.13 Å². The molecule has 0 aliphatic carbocycles. The predicted octanol–water partition coefficient (Wildman–Crippen LogP) is 4.67. The Kier molecular flexibility index (Phi) is 5.23. The molecular formula is C22H24N2O2S. The smallest absolute Gasteiger partial charge is 0.233 e. The van der Waals surface area contributed by atoms with Crippen LogP contribution in [-0.4, -0.2) is 30.1 Å². The number of anilines is 1. The molecule has 1 saturated heterocycles. The molecule has 1 aliphatic rings. The zero-order chi connectivity index (χ0) is 18.8. The van der Waals surface area contributed by atoms with Gasteiger partial charge in [-0.2, -0.15) is 0 Å². The van der Waals surface area contributed by atoms with Crippen LogP contribution in [-0.2, 0) is 16.0 Å². The number of hydrogen-bond acceptors (Lipinski definition) is 4. The van der Waals surface area contributed by atoms with Gasteiger partial charge in [-0.05, 0) is 55.5 Å². The molecule has 1 atom stereocenters. The molecular weight excluding hydrogens is 356 g/mol. The van der Waals surface area contributed by atoms with Gasteiger partial charge in [-0.3, -0.25) is 9.69 Å². The lowest BCUT2D eigenvalue weighted by Gasteiger charge is -2.23. The number of para-hydroxylation sites is 1. The number of nitrogens with zero attached hydrogens (tertiary/aromatic N) is 2. The number of thiazole rings is 1. The normalized spacial score (nSPS) is 16.7. The number of fused-ring (bicyclic) bond motifs is 1. The van der Waals surface area contributed by atoms with E-state index in [-0.39, 0.29) is 12.0 Å². The zero-order valence-corrected chi connectivity index (χ0v) is 16.6. The SMILES string of the molecule is Cc1ccc(CC(=O)N(CC2CCCO2)c2nc3ccccc3s2)cc1C. The second-order valence-corrected chi connectivity index (χ2v) is 8.21. The summed E-state index contributed by atoms with van der Waals surface area (Å²) in [4.78, 5) is 19.8. The Bertz CT molecular complexity index is 927. The molecule has 140 valence electrons. The Morgan fingerprint density at radius 1 is 1.22 bits per heavy atom. The fourth-order valence-electron chi connectivity index (χ4n) is 3.44. The van der Waals surface area contributed by atoms with Crippen LogP contribution >= 0.6 is 11.3 Å². The van der Waals surface area contributed by atoms with Crippen molar-refractivity contribution in [1.82, 2.24) is 4.98 Å². The van der Waals surface area contributed by atoms with Crippen molar-refractivity contribution in [2.75, 3.05) is 18.1 Å². The average molecular weight is 381 g/mol. The molecule has 2 heterocycles. The summed E-state index contributed by atoms with van der Waals surface area (Å²) in [6.07, 6.45) is 2.53. The van der Waals surface area contributed by atoms with Crippen molar-refractivity contribution in [3.8, 4) is 0 Å². The van der Waals surface area contributed by atoms with Crippen LogP contribution in [0.2, 0.25) is 0 Å². The van der Waals surface area contributed by atoms with Crippen molar-refractivity contribution in [3.05, 3.63) is 59.2 Å². The van der Waals surface area contributed by atoms with Gasteiger partial charge in [0.2, 0.25) is 5.91 Å². The second-order valence-electron chi connectivity index (χ2n) is 7.20. The molecule has 0 N–H and O–H groups in total. The quantitative estimate of drug-likeness (QED) is 0.646. The number of ether oxygens (including phenoxy) is 1. The maximum absolute atomic E-state index is 13.2. The Labute approximate surface area is 163 Å². The minimum Gasteiger partial charge on any atom is -0.376 e. The van der Waals surface area contributed by atoms with Crippen LogP contribution in [0, 0.1) is 13.8 Å². The summed E-state index contributed by atoms with van der Waals surface area (Å²) in [5.74, 6) is 0.0767. The van der Waals surface area contributed by atoms with Gasteiger partial charge in [-0.15, -0.1) is 0 Å². The lowest BCUT2D eigenvalue weighted by molar-refractivity contribution is -0.118. The summed E-state index contributed by atoms with van der Waals surface area (Å²) in [5.41, 5.74) is 4.44. The van der Waals surface area contributed by atoms with Crippen LogP contribution in [0.4, 0.5) is 5.13 Å². The first-order valence-electron chi connectivity index (χ1n) is 9.44. The van der Waals surface area contributed by atoms with Gasteiger partial charge >= 0.3 is 0 Å². The van der Waals surface area contributed by atoms with Gasteiger partial charge in [0.05, 0.1) is 29.3 Å². The summed E-state index contributed by atoms with van der Waals surface area (Å²) in [7, 11) is 0. The summed E-state index contributed by atoms with van der Waals surface area (Å²) < 4.78 is 6.90. The highest BCUT2D eigenvalue weighted by Gasteiger charge is 2.26. The van der Waals surface area contributed by atoms with E-state index in [0.717, 1.165) is 40.4 Å². The molecule has 1 amide bonds. The minimum atomic E-state index is 0.0767. The molecule has 0 radical (unpaired) electrons. The van der Waals surface area contributed by atoms with Gasteiger partial charge in [-0.1, -0.05) is 41.7 Å². The minimum absolute atomic E-state index is 0.0767. The highest BCUT2D eigenvalue weighted by molar-refractivity contribution is 7.22. The van der Waals surface area contributed by atoms with Crippen LogP contribution in [0.25, 0.3) is 10.2 Å². The molecule has 0 spiro atoms. The highest BCUT2D eigenvalue weighted by Crippen LogP contribution is 2.30. The van der Waals surface area contributed by atoms with E-state index in [1.165, 1.54) is 11.1 Å². The lowest BCUT2D eigenvalue weighted by atomic mass is 10.0. The molecule has 27 heavy (non-hydrogen) atoms. The molecule has 4 rings (SSSR count). The zero-order valence-electron chi connectivity index (χ0n) is 15.8. The molecule has 4 nitrogen and oxygen atoms in total. The third kappa shape index (κ3) is 4.04. The maximum Gasteiger partial charge on any atom is 0.233 e. The Hall–Kier alpha value is -2.24. The van der Waals surface area contributed by atoms with Crippen LogP contribution in [0.15, 0.2) is 42.5 Å². The van der Waals surface area contributed by atoms with Crippen LogP contribution < -0.4 is 4.90 Å². The van der Waals surface area contributed by atoms with Gasteiger partial charge < -0.3 is 4.74 Å². The van der Waals surface area contributed by atoms with Crippen molar-refractivity contribution in [3.63, 3.8) is 0 Å². The van der Waals surface area contributed by atoms with E-state index < -0.39 is 0 Å². The highest BCUT2D eigenvalue weighted by atomic mass is 32.1. The molecule has 1 fully saturated rings. The van der Waals surface area contributed by atoms with Gasteiger partial charge in [-0.25, -0.2) is 4.98 Å². The van der Waals surface area contributed by atoms with E-state index in [9.17, 15) is 4.79 Å². The van der Waals surface area contributed by atoms with Crippen molar-refractivity contribution in [1.29, 1.82) is 0 Å². The van der Waals surface area contributed by atoms with Gasteiger partial charge in [0, 0.05) is 6.61 Å². The van der Waals surface area contributed by atoms with Crippen molar-refractivity contribution < 1.29 is 9.53 Å². The van der Waals surface area contributed by atoms with Crippen molar-refractivity contribution in [2.24, 2.45) is 0 Å². The number of benzene rings is 2. The number of amides is 1. The number of hydrogen-bond donors (Lipinski definition) is 0. The molecule has 3 aromatic rings. The van der Waals surface area contributed by atoms with Gasteiger partial charge in [0.1, 0.15) is 0 Å². The van der Waals surface area contributed by atoms with E-state index in [4.69, 9.17) is 9.72 Å². The van der Waals surface area contributed by atoms with E-state index in [1.54, 1.807) is 11.3 Å².